The van der Waals surface area contributed by atoms with Gasteiger partial charge < -0.3 is 24.0 Å². The second-order valence-corrected chi connectivity index (χ2v) is 12.8. The Morgan fingerprint density at radius 2 is 1.84 bits per heavy atom. The normalized spacial score (nSPS) is 16.3. The molecule has 0 saturated carbocycles. The number of carboxylic acids is 1. The van der Waals surface area contributed by atoms with E-state index in [-0.39, 0.29) is 43.8 Å². The molecular weight excluding hydrogens is 676 g/mol. The Morgan fingerprint density at radius 1 is 1.08 bits per heavy atom. The summed E-state index contributed by atoms with van der Waals surface area (Å²) in [4.78, 5) is 42.0. The molecule has 3 aromatic heterocycles. The number of alkyl halides is 3. The zero-order valence-corrected chi connectivity index (χ0v) is 27.7. The van der Waals surface area contributed by atoms with E-state index < -0.39 is 58.5 Å². The predicted molar refractivity (Wildman–Crippen MR) is 174 cm³/mol. The minimum absolute atomic E-state index is 0.0931. The van der Waals surface area contributed by atoms with E-state index in [0.717, 1.165) is 27.3 Å². The molecule has 0 aliphatic carbocycles. The molecule has 2 aliphatic heterocycles. The average Bonchev–Trinajstić information content (AvgIpc) is 3.82. The lowest BCUT2D eigenvalue weighted by molar-refractivity contribution is -0.138. The summed E-state index contributed by atoms with van der Waals surface area (Å²) in [6.07, 6.45) is 1.25. The number of rotatable bonds is 12. The van der Waals surface area contributed by atoms with Gasteiger partial charge in [0.25, 0.3) is 5.56 Å². The highest BCUT2D eigenvalue weighted by Gasteiger charge is 2.47. The number of hydrogen-bond acceptors (Lipinski definition) is 8. The minimum atomic E-state index is -4.92. The summed E-state index contributed by atoms with van der Waals surface area (Å²) >= 11 is 0. The quantitative estimate of drug-likeness (QED) is 0.120. The molecule has 270 valence electrons. The number of aromatic nitrogens is 2. The number of furan rings is 2. The fourth-order valence-corrected chi connectivity index (χ4v) is 6.92. The summed E-state index contributed by atoms with van der Waals surface area (Å²) in [6.45, 7) is 1.89. The molecule has 1 atom stereocenters. The number of piperidine rings is 1. The van der Waals surface area contributed by atoms with Crippen LogP contribution in [0.15, 0.2) is 60.9 Å². The van der Waals surface area contributed by atoms with Crippen molar-refractivity contribution in [3.05, 3.63) is 115 Å². The molecule has 15 heteroatoms. The van der Waals surface area contributed by atoms with Crippen LogP contribution in [0.2, 0.25) is 0 Å². The molecule has 6 rings (SSSR count). The summed E-state index contributed by atoms with van der Waals surface area (Å²) in [5.74, 6) is 2.25. The maximum Gasteiger partial charge on any atom is 0.416 e. The highest BCUT2D eigenvalue weighted by atomic mass is 19.4. The van der Waals surface area contributed by atoms with E-state index in [1.807, 2.05) is 0 Å². The Balaban J connectivity index is 1.41. The molecule has 51 heavy (non-hydrogen) atoms. The third kappa shape index (κ3) is 7.44. The Bertz CT molecular complexity index is 2080. The molecule has 2 N–H and O–H groups in total. The summed E-state index contributed by atoms with van der Waals surface area (Å²) in [7, 11) is 0. The number of carboxylic acid groups (broad SMARTS) is 1. The molecule has 5 heterocycles. The molecule has 0 amide bonds. The van der Waals surface area contributed by atoms with Crippen molar-refractivity contribution in [3.8, 4) is 12.3 Å². The number of fused-ring (bicyclic) bond motifs is 2. The van der Waals surface area contributed by atoms with Crippen molar-refractivity contribution in [2.45, 2.75) is 76.7 Å². The van der Waals surface area contributed by atoms with Gasteiger partial charge in [0.2, 0.25) is 0 Å². The number of carbonyl (C=O) groups is 1. The number of hydrogen-bond donors (Lipinski definition) is 2. The second kappa shape index (κ2) is 14.4. The minimum Gasteiger partial charge on any atom is -0.481 e. The Hall–Kier alpha value is -4.91. The van der Waals surface area contributed by atoms with Gasteiger partial charge in [0, 0.05) is 25.1 Å². The zero-order chi connectivity index (χ0) is 36.5. The summed E-state index contributed by atoms with van der Waals surface area (Å²) in [5, 5.41) is 12.3. The monoisotopic (exact) mass is 712 g/mol. The summed E-state index contributed by atoms with van der Waals surface area (Å²) in [6, 6.07) is 8.60. The van der Waals surface area contributed by atoms with E-state index in [9.17, 15) is 27.6 Å². The number of ether oxygens (including phenoxy) is 1. The van der Waals surface area contributed by atoms with Crippen LogP contribution >= 0.6 is 0 Å². The smallest absolute Gasteiger partial charge is 0.416 e. The van der Waals surface area contributed by atoms with Crippen molar-refractivity contribution in [1.29, 1.82) is 0 Å². The lowest BCUT2D eigenvalue weighted by atomic mass is 9.85. The summed E-state index contributed by atoms with van der Waals surface area (Å²) in [5.41, 5.74) is -4.54. The van der Waals surface area contributed by atoms with Crippen LogP contribution in [0, 0.1) is 25.1 Å². The fraction of sp³-hybridized carbons (Fsp3) is 0.417. The molecule has 0 radical (unpaired) electrons. The van der Waals surface area contributed by atoms with Crippen molar-refractivity contribution in [2.75, 3.05) is 19.6 Å². The van der Waals surface area contributed by atoms with Gasteiger partial charge in [0.1, 0.15) is 28.7 Å². The van der Waals surface area contributed by atoms with E-state index in [2.05, 4.69) is 16.1 Å². The largest absolute Gasteiger partial charge is 0.481 e. The molecule has 1 fully saturated rings. The molecular formula is C36H36F4N4O7. The zero-order valence-electron chi connectivity index (χ0n) is 27.7. The Kier molecular flexibility index (Phi) is 10.1. The third-order valence-electron chi connectivity index (χ3n) is 9.49. The van der Waals surface area contributed by atoms with Crippen LogP contribution in [0.4, 0.5) is 17.6 Å². The molecule has 4 aromatic rings. The maximum atomic E-state index is 15.2. The highest BCUT2D eigenvalue weighted by molar-refractivity contribution is 5.66. The Labute approximate surface area is 289 Å². The van der Waals surface area contributed by atoms with Crippen LogP contribution in [0.3, 0.4) is 0 Å². The third-order valence-corrected chi connectivity index (χ3v) is 9.49. The highest BCUT2D eigenvalue weighted by Crippen LogP contribution is 2.43. The number of nitrogens with zero attached hydrogens (tertiary/aromatic N) is 3. The van der Waals surface area contributed by atoms with Gasteiger partial charge in [-0.3, -0.25) is 23.6 Å². The van der Waals surface area contributed by atoms with E-state index in [1.54, 1.807) is 31.2 Å². The maximum absolute atomic E-state index is 15.2. The number of likely N-dealkylation sites (tertiary alicyclic amines) is 1. The molecule has 1 saturated heterocycles. The van der Waals surface area contributed by atoms with Gasteiger partial charge in [0.15, 0.2) is 5.76 Å². The standard InChI is InChI=1S/C36H36F4N4O7/c1-3-23-10-11-24(51-23)18-42-16-13-35(14-17-42)32-29(21-49-35)43(19-25-26(36(38,39)40)6-4-7-27(25)37)34(48)44(33(32)47)20-28(30-12-9-22(2)50-30)41-15-5-8-31(45)46/h1,4,6-7,9-12,28,41H,5,8,13-21H2,2H3,(H,45,46). The first-order chi connectivity index (χ1) is 24.3. The van der Waals surface area contributed by atoms with Gasteiger partial charge in [-0.05, 0) is 75.0 Å². The first kappa shape index (κ1) is 35.9. The number of benzene rings is 1. The van der Waals surface area contributed by atoms with Crippen LogP contribution in [0.25, 0.3) is 0 Å². The van der Waals surface area contributed by atoms with Gasteiger partial charge in [-0.25, -0.2) is 9.18 Å². The number of terminal acetylenes is 1. The lowest BCUT2D eigenvalue weighted by Gasteiger charge is -2.38. The van der Waals surface area contributed by atoms with Crippen LogP contribution in [-0.2, 0) is 47.5 Å². The number of nitrogens with one attached hydrogen (secondary N) is 1. The van der Waals surface area contributed by atoms with Crippen molar-refractivity contribution >= 4 is 5.97 Å². The van der Waals surface area contributed by atoms with E-state index >= 15 is 4.39 Å². The van der Waals surface area contributed by atoms with Crippen LogP contribution in [0.5, 0.6) is 0 Å². The SMILES string of the molecule is C#Cc1ccc(CN2CCC3(CC2)OCc2c3c(=O)n(CC(NCCCC(=O)O)c3ccc(C)o3)c(=O)n2Cc2c(F)cccc2C(F)(F)F)o1. The molecule has 1 unspecified atom stereocenters. The second-order valence-electron chi connectivity index (χ2n) is 12.8. The Morgan fingerprint density at radius 3 is 2.49 bits per heavy atom. The topological polar surface area (TPSA) is 132 Å². The van der Waals surface area contributed by atoms with Gasteiger partial charge in [-0.1, -0.05) is 6.07 Å². The van der Waals surface area contributed by atoms with Gasteiger partial charge in [-0.2, -0.15) is 13.2 Å². The van der Waals surface area contributed by atoms with Crippen LogP contribution < -0.4 is 16.6 Å². The molecule has 2 aliphatic rings. The molecule has 11 nitrogen and oxygen atoms in total. The average molecular weight is 713 g/mol. The first-order valence-electron chi connectivity index (χ1n) is 16.4. The summed E-state index contributed by atoms with van der Waals surface area (Å²) < 4.78 is 77.2. The van der Waals surface area contributed by atoms with Gasteiger partial charge >= 0.3 is 17.8 Å². The lowest BCUT2D eigenvalue weighted by Crippen LogP contribution is -2.50. The van der Waals surface area contributed by atoms with Crippen LogP contribution in [-0.4, -0.2) is 44.7 Å². The van der Waals surface area contributed by atoms with Crippen molar-refractivity contribution < 1.29 is 41.0 Å². The molecule has 1 aromatic carbocycles. The van der Waals surface area contributed by atoms with E-state index in [1.165, 1.54) is 0 Å². The van der Waals surface area contributed by atoms with E-state index in [4.69, 9.17) is 25.1 Å². The molecule has 0 bridgehead atoms. The number of halogens is 4. The number of aryl methyl sites for hydroxylation is 1. The van der Waals surface area contributed by atoms with Gasteiger partial charge in [-0.15, -0.1) is 6.42 Å². The predicted octanol–water partition coefficient (Wildman–Crippen LogP) is 4.91. The van der Waals surface area contributed by atoms with Crippen molar-refractivity contribution in [2.24, 2.45) is 0 Å². The van der Waals surface area contributed by atoms with Crippen molar-refractivity contribution in [3.63, 3.8) is 0 Å². The fourth-order valence-electron chi connectivity index (χ4n) is 6.92. The van der Waals surface area contributed by atoms with Crippen LogP contribution in [0.1, 0.15) is 77.2 Å². The van der Waals surface area contributed by atoms with Gasteiger partial charge in [0.05, 0.1) is 49.1 Å². The van der Waals surface area contributed by atoms with Crippen molar-refractivity contribution in [1.82, 2.24) is 19.4 Å². The first-order valence-corrected chi connectivity index (χ1v) is 16.4. The number of aliphatic carboxylic acids is 1. The van der Waals surface area contributed by atoms with E-state index in [0.29, 0.717) is 55.5 Å². The molecule has 1 spiro atoms.